The average Bonchev–Trinajstić information content (AvgIpc) is 3.75. The summed E-state index contributed by atoms with van der Waals surface area (Å²) in [6.07, 6.45) is -23.1. The van der Waals surface area contributed by atoms with Gasteiger partial charge in [0, 0.05) is 30.8 Å². The second-order valence-electron chi connectivity index (χ2n) is 25.2. The minimum absolute atomic E-state index is 0.0412. The van der Waals surface area contributed by atoms with Crippen molar-refractivity contribution in [3.8, 4) is 0 Å². The lowest BCUT2D eigenvalue weighted by Gasteiger charge is -2.65. The number of aliphatic hydroxyl groups is 12. The molecule has 8 aliphatic rings. The van der Waals surface area contributed by atoms with Crippen LogP contribution in [0.2, 0.25) is 0 Å². The molecule has 4 heterocycles. The normalized spacial score (nSPS) is 49.6. The van der Waals surface area contributed by atoms with E-state index in [9.17, 15) is 66.1 Å². The number of carbonyl (C=O) groups excluding carboxylic acids is 1. The quantitative estimate of drug-likeness (QED) is 0.0626. The van der Waals surface area contributed by atoms with Crippen molar-refractivity contribution < 1.29 is 113 Å². The minimum Gasteiger partial charge on any atom is -0.462 e. The molecular weight excluding hydrogens is 1030 g/mol. The molecule has 0 bridgehead atoms. The van der Waals surface area contributed by atoms with Gasteiger partial charge in [0.2, 0.25) is 0 Å². The molecule has 0 aromatic rings. The van der Waals surface area contributed by atoms with Gasteiger partial charge in [-0.1, -0.05) is 51.5 Å². The number of allylic oxidation sites excluding steroid dienone is 2. The monoisotopic (exact) mass is 1120 g/mol. The van der Waals surface area contributed by atoms with E-state index >= 15 is 0 Å². The molecule has 0 radical (unpaired) electrons. The molecule has 0 spiro atoms. The predicted octanol–water partition coefficient (Wildman–Crippen LogP) is -0.809. The molecule has 12 N–H and O–H groups in total. The lowest BCUT2D eigenvalue weighted by Crippen LogP contribution is -2.66. The van der Waals surface area contributed by atoms with Gasteiger partial charge < -0.3 is 109 Å². The van der Waals surface area contributed by atoms with Crippen molar-refractivity contribution in [2.45, 2.75) is 241 Å². The number of rotatable bonds is 17. The molecule has 1 unspecified atom stereocenters. The summed E-state index contributed by atoms with van der Waals surface area (Å²) in [6, 6.07) is 0. The van der Waals surface area contributed by atoms with Gasteiger partial charge in [-0.05, 0) is 94.8 Å². The molecule has 23 nitrogen and oxygen atoms in total. The maximum Gasteiger partial charge on any atom is 0.302 e. The molecule has 448 valence electrons. The molecular formula is C55H90O23. The summed E-state index contributed by atoms with van der Waals surface area (Å²) in [4.78, 5) is 12.7. The lowest BCUT2D eigenvalue weighted by molar-refractivity contribution is -0.387. The highest BCUT2D eigenvalue weighted by atomic mass is 16.8. The maximum absolute atomic E-state index is 12.7. The van der Waals surface area contributed by atoms with E-state index in [-0.39, 0.29) is 49.9 Å². The Labute approximate surface area is 456 Å². The number of hydrogen-bond acceptors (Lipinski definition) is 23. The maximum atomic E-state index is 12.7. The standard InChI is InChI=1S/C55H90O23/c1-24(2)29(59)14-17-54(9,68)46-32(73-26(4)58)19-53(8)28-11-12-34-51(5,6)35(15-16-52(34,7)27(28)13-18-55(46,53)23-57)75-50-45(36(62)30(60)21-71-50)78-48-39(65)38(64)42(25(3)72-48)76-49-41(67)44(37(63)33(20-56)74-49)77-47-40(66)43(69-10)31(61)22-70-47/h11,25,27,29-50,56-57,59-68H,1,12-23H2,2-10H3/t25-,27-,29?,30-,31-,32+,33-,34+,35+,36+,37-,38-,39-,40-,41-,42-,43+,44+,45-,46-,47+,48+,49+,50+,52-,53+,54+,55+/m1/s1. The first-order chi connectivity index (χ1) is 36.5. The van der Waals surface area contributed by atoms with Gasteiger partial charge in [-0.15, -0.1) is 0 Å². The zero-order chi connectivity index (χ0) is 57.4. The summed E-state index contributed by atoms with van der Waals surface area (Å²) >= 11 is 0. The molecule has 0 aromatic heterocycles. The third kappa shape index (κ3) is 11.0. The minimum atomic E-state index is -1.88. The highest BCUT2D eigenvalue weighted by Gasteiger charge is 2.72. The zero-order valence-electron chi connectivity index (χ0n) is 46.5. The lowest BCUT2D eigenvalue weighted by atomic mass is 9.40. The van der Waals surface area contributed by atoms with Gasteiger partial charge in [-0.3, -0.25) is 4.79 Å². The van der Waals surface area contributed by atoms with Crippen molar-refractivity contribution in [2.75, 3.05) is 33.5 Å². The molecule has 0 aromatic carbocycles. The molecule has 28 atom stereocenters. The van der Waals surface area contributed by atoms with Crippen LogP contribution in [0.25, 0.3) is 0 Å². The van der Waals surface area contributed by atoms with Crippen LogP contribution < -0.4 is 0 Å². The van der Waals surface area contributed by atoms with Crippen molar-refractivity contribution >= 4 is 5.97 Å². The van der Waals surface area contributed by atoms with Crippen LogP contribution in [-0.4, -0.2) is 235 Å². The highest BCUT2D eigenvalue weighted by molar-refractivity contribution is 5.66. The predicted molar refractivity (Wildman–Crippen MR) is 270 cm³/mol. The van der Waals surface area contributed by atoms with Crippen molar-refractivity contribution in [3.63, 3.8) is 0 Å². The van der Waals surface area contributed by atoms with E-state index in [1.165, 1.54) is 26.5 Å². The number of hydrogen-bond donors (Lipinski definition) is 12. The van der Waals surface area contributed by atoms with Gasteiger partial charge in [0.05, 0.1) is 50.3 Å². The summed E-state index contributed by atoms with van der Waals surface area (Å²) in [5.74, 6) is -1.00. The number of aliphatic hydroxyl groups excluding tert-OH is 11. The molecule has 3 saturated carbocycles. The summed E-state index contributed by atoms with van der Waals surface area (Å²) in [7, 11) is 1.26. The second kappa shape index (κ2) is 23.6. The SMILES string of the molecule is C=C(C)C(O)CC[C@](C)(O)[C@H]1[C@@H](OC(C)=O)C[C@@]2(C)C3=CC[C@H]4C(C)(C)[C@@H](O[C@@H]5OC[C@@H](O)[C@H](O)[C@H]5O[C@@H]5O[C@H](C)[C@@H](O[C@@H]6O[C@H](CO)[C@@H](O)[C@H](O[C@@H]7OC[C@@H](O)[C@H](OC)[C@H]7O)[C@H]6O)[C@H](O)[C@H]5O)CC[C@]4(C)[C@@H]3CC[C@]12CO. The second-order valence-corrected chi connectivity index (χ2v) is 25.2. The molecule has 4 saturated heterocycles. The van der Waals surface area contributed by atoms with Crippen LogP contribution in [-0.2, 0) is 52.2 Å². The first-order valence-electron chi connectivity index (χ1n) is 27.8. The summed E-state index contributed by atoms with van der Waals surface area (Å²) in [5, 5.41) is 134. The number of carbonyl (C=O) groups is 1. The molecule has 23 heteroatoms. The van der Waals surface area contributed by atoms with Gasteiger partial charge in [-0.25, -0.2) is 0 Å². The number of esters is 1. The third-order valence-corrected chi connectivity index (χ3v) is 20.1. The first kappa shape index (κ1) is 62.2. The number of methoxy groups -OCH3 is 1. The van der Waals surface area contributed by atoms with E-state index in [2.05, 4.69) is 40.3 Å². The summed E-state index contributed by atoms with van der Waals surface area (Å²) in [6.45, 7) is 17.3. The Morgan fingerprint density at radius 3 is 2.05 bits per heavy atom. The van der Waals surface area contributed by atoms with Gasteiger partial charge >= 0.3 is 5.97 Å². The third-order valence-electron chi connectivity index (χ3n) is 20.1. The average molecular weight is 1120 g/mol. The van der Waals surface area contributed by atoms with Crippen molar-refractivity contribution in [1.29, 1.82) is 0 Å². The molecule has 78 heavy (non-hydrogen) atoms. The van der Waals surface area contributed by atoms with E-state index in [0.717, 1.165) is 0 Å². The Balaban J connectivity index is 0.961. The summed E-state index contributed by atoms with van der Waals surface area (Å²) in [5.41, 5.74) is -1.98. The molecule has 8 rings (SSSR count). The largest absolute Gasteiger partial charge is 0.462 e. The zero-order valence-corrected chi connectivity index (χ0v) is 46.5. The van der Waals surface area contributed by atoms with Crippen LogP contribution in [0.4, 0.5) is 0 Å². The Morgan fingerprint density at radius 1 is 0.782 bits per heavy atom. The van der Waals surface area contributed by atoms with Crippen molar-refractivity contribution in [3.05, 3.63) is 23.8 Å². The van der Waals surface area contributed by atoms with Gasteiger partial charge in [-0.2, -0.15) is 0 Å². The van der Waals surface area contributed by atoms with Crippen LogP contribution in [0, 0.1) is 39.4 Å². The van der Waals surface area contributed by atoms with E-state index < -0.39 is 169 Å². The van der Waals surface area contributed by atoms with Gasteiger partial charge in [0.1, 0.15) is 85.5 Å². The Hall–Kier alpha value is -1.89. The Kier molecular flexibility index (Phi) is 18.8. The van der Waals surface area contributed by atoms with Crippen LogP contribution in [0.5, 0.6) is 0 Å². The molecule has 7 fully saturated rings. The fraction of sp³-hybridized carbons (Fsp3) is 0.909. The fourth-order valence-electron chi connectivity index (χ4n) is 15.8. The molecule has 4 aliphatic heterocycles. The first-order valence-corrected chi connectivity index (χ1v) is 27.8. The van der Waals surface area contributed by atoms with Crippen LogP contribution >= 0.6 is 0 Å². The van der Waals surface area contributed by atoms with Crippen molar-refractivity contribution in [2.24, 2.45) is 39.4 Å². The van der Waals surface area contributed by atoms with Crippen LogP contribution in [0.15, 0.2) is 23.8 Å². The fourth-order valence-corrected chi connectivity index (χ4v) is 15.8. The van der Waals surface area contributed by atoms with E-state index in [0.29, 0.717) is 44.1 Å². The van der Waals surface area contributed by atoms with Crippen molar-refractivity contribution in [1.82, 2.24) is 0 Å². The smallest absolute Gasteiger partial charge is 0.302 e. The number of ether oxygens (including phenoxy) is 10. The molecule has 4 aliphatic carbocycles. The Bertz CT molecular complexity index is 2110. The molecule has 0 amide bonds. The van der Waals surface area contributed by atoms with Gasteiger partial charge in [0.15, 0.2) is 25.2 Å². The highest BCUT2D eigenvalue weighted by Crippen LogP contribution is 2.74. The van der Waals surface area contributed by atoms with E-state index in [4.69, 9.17) is 47.4 Å². The topological polar surface area (TPSA) is 352 Å². The van der Waals surface area contributed by atoms with Crippen LogP contribution in [0.3, 0.4) is 0 Å². The van der Waals surface area contributed by atoms with Crippen LogP contribution in [0.1, 0.15) is 107 Å². The van der Waals surface area contributed by atoms with E-state index in [1.54, 1.807) is 13.8 Å². The summed E-state index contributed by atoms with van der Waals surface area (Å²) < 4.78 is 59.3. The number of fused-ring (bicyclic) bond motifs is 5. The Morgan fingerprint density at radius 2 is 1.41 bits per heavy atom. The van der Waals surface area contributed by atoms with E-state index in [1.807, 2.05) is 0 Å². The van der Waals surface area contributed by atoms with Gasteiger partial charge in [0.25, 0.3) is 0 Å².